The number of hydrogen-bond donors (Lipinski definition) is 2. The molecule has 1 aromatic heterocycles. The van der Waals surface area contributed by atoms with Crippen LogP contribution in [0.15, 0.2) is 76.1 Å². The third kappa shape index (κ3) is 5.71. The largest absolute Gasteiger partial charge is 0.460 e. The summed E-state index contributed by atoms with van der Waals surface area (Å²) >= 11 is 12.0. The van der Waals surface area contributed by atoms with Gasteiger partial charge in [-0.15, -0.1) is 0 Å². The summed E-state index contributed by atoms with van der Waals surface area (Å²) in [6, 6.07) is 16.2. The van der Waals surface area contributed by atoms with Gasteiger partial charge in [0.15, 0.2) is 0 Å². The van der Waals surface area contributed by atoms with Crippen LogP contribution in [0.25, 0.3) is 6.08 Å². The van der Waals surface area contributed by atoms with Crippen LogP contribution in [0.1, 0.15) is 11.5 Å². The van der Waals surface area contributed by atoms with E-state index >= 15 is 0 Å². The Morgan fingerprint density at radius 2 is 1.66 bits per heavy atom. The Hall–Kier alpha value is -2.58. The fraction of sp³-hybridized carbons (Fsp3) is 0.0500. The fourth-order valence-electron chi connectivity index (χ4n) is 2.37. The number of hydrogen-bond acceptors (Lipinski definition) is 4. The van der Waals surface area contributed by atoms with Gasteiger partial charge in [0.05, 0.1) is 27.2 Å². The quantitative estimate of drug-likeness (QED) is 0.509. The first-order valence-electron chi connectivity index (χ1n) is 8.42. The van der Waals surface area contributed by atoms with Crippen molar-refractivity contribution >= 4 is 50.9 Å². The standard InChI is InChI=1S/C20H16Cl2N2O4S/c21-17-7-4-8-18(22)20(17)24-19(25)12-11-14-9-10-15(28-14)13-23-29(26,27)16-5-2-1-3-6-16/h1-12,23H,13H2,(H,24,25)/b12-11+. The maximum atomic E-state index is 12.2. The lowest BCUT2D eigenvalue weighted by molar-refractivity contribution is -0.111. The molecular formula is C20H16Cl2N2O4S. The summed E-state index contributed by atoms with van der Waals surface area (Å²) in [4.78, 5) is 12.2. The Bertz CT molecular complexity index is 1120. The molecule has 0 fully saturated rings. The van der Waals surface area contributed by atoms with Gasteiger partial charge in [-0.2, -0.15) is 0 Å². The molecule has 3 rings (SSSR count). The molecule has 29 heavy (non-hydrogen) atoms. The van der Waals surface area contributed by atoms with Crippen molar-refractivity contribution in [1.29, 1.82) is 0 Å². The molecule has 0 aliphatic heterocycles. The summed E-state index contributed by atoms with van der Waals surface area (Å²) < 4.78 is 32.4. The molecule has 0 aliphatic carbocycles. The highest BCUT2D eigenvalue weighted by atomic mass is 35.5. The van der Waals surface area contributed by atoms with E-state index in [-0.39, 0.29) is 11.4 Å². The van der Waals surface area contributed by atoms with Gasteiger partial charge in [-0.05, 0) is 42.5 Å². The molecule has 2 aromatic carbocycles. The van der Waals surface area contributed by atoms with Gasteiger partial charge in [0.25, 0.3) is 0 Å². The minimum Gasteiger partial charge on any atom is -0.460 e. The number of carbonyl (C=O) groups is 1. The van der Waals surface area contributed by atoms with Crippen LogP contribution in [0.3, 0.4) is 0 Å². The fourth-order valence-corrected chi connectivity index (χ4v) is 3.87. The van der Waals surface area contributed by atoms with Crippen LogP contribution in [0.4, 0.5) is 5.69 Å². The number of nitrogens with one attached hydrogen (secondary N) is 2. The minimum absolute atomic E-state index is 0.0213. The van der Waals surface area contributed by atoms with Gasteiger partial charge in [0.1, 0.15) is 11.5 Å². The molecule has 0 radical (unpaired) electrons. The van der Waals surface area contributed by atoms with Crippen LogP contribution in [-0.2, 0) is 21.4 Å². The van der Waals surface area contributed by atoms with Crippen molar-refractivity contribution in [3.05, 3.63) is 88.3 Å². The van der Waals surface area contributed by atoms with E-state index in [0.717, 1.165) is 0 Å². The predicted octanol–water partition coefficient (Wildman–Crippen LogP) is 4.72. The predicted molar refractivity (Wildman–Crippen MR) is 113 cm³/mol. The van der Waals surface area contributed by atoms with E-state index in [1.807, 2.05) is 0 Å². The third-order valence-corrected chi connectivity index (χ3v) is 5.83. The van der Waals surface area contributed by atoms with Crippen molar-refractivity contribution in [2.24, 2.45) is 0 Å². The van der Waals surface area contributed by atoms with E-state index in [0.29, 0.717) is 27.3 Å². The number of anilines is 1. The van der Waals surface area contributed by atoms with Crippen LogP contribution >= 0.6 is 23.2 Å². The van der Waals surface area contributed by atoms with E-state index in [1.54, 1.807) is 48.5 Å². The van der Waals surface area contributed by atoms with Crippen LogP contribution in [0, 0.1) is 0 Å². The van der Waals surface area contributed by atoms with Crippen molar-refractivity contribution in [2.75, 3.05) is 5.32 Å². The second kappa shape index (κ2) is 9.28. The van der Waals surface area contributed by atoms with Gasteiger partial charge < -0.3 is 9.73 Å². The molecule has 0 spiro atoms. The van der Waals surface area contributed by atoms with Crippen LogP contribution in [0.2, 0.25) is 10.0 Å². The van der Waals surface area contributed by atoms with Crippen LogP contribution in [-0.4, -0.2) is 14.3 Å². The minimum atomic E-state index is -3.63. The van der Waals surface area contributed by atoms with Crippen molar-refractivity contribution in [3.8, 4) is 0 Å². The molecule has 0 bridgehead atoms. The Morgan fingerprint density at radius 3 is 2.34 bits per heavy atom. The van der Waals surface area contributed by atoms with E-state index in [2.05, 4.69) is 10.0 Å². The van der Waals surface area contributed by atoms with Crippen molar-refractivity contribution < 1.29 is 17.6 Å². The average Bonchev–Trinajstić information content (AvgIpc) is 3.17. The molecule has 1 heterocycles. The molecule has 9 heteroatoms. The molecule has 0 saturated carbocycles. The summed E-state index contributed by atoms with van der Waals surface area (Å²) in [7, 11) is -3.63. The monoisotopic (exact) mass is 450 g/mol. The number of halogens is 2. The first-order valence-corrected chi connectivity index (χ1v) is 10.7. The van der Waals surface area contributed by atoms with Gasteiger partial charge in [-0.3, -0.25) is 4.79 Å². The lowest BCUT2D eigenvalue weighted by atomic mass is 10.3. The van der Waals surface area contributed by atoms with Gasteiger partial charge >= 0.3 is 0 Å². The number of rotatable bonds is 7. The van der Waals surface area contributed by atoms with E-state index in [1.165, 1.54) is 24.3 Å². The first kappa shape index (κ1) is 21.1. The second-order valence-electron chi connectivity index (χ2n) is 5.86. The van der Waals surface area contributed by atoms with Gasteiger partial charge in [0.2, 0.25) is 15.9 Å². The summed E-state index contributed by atoms with van der Waals surface area (Å²) in [5.41, 5.74) is 0.320. The van der Waals surface area contributed by atoms with Crippen LogP contribution < -0.4 is 10.0 Å². The highest BCUT2D eigenvalue weighted by molar-refractivity contribution is 7.89. The molecule has 2 N–H and O–H groups in total. The molecule has 0 aliphatic rings. The maximum absolute atomic E-state index is 12.2. The normalized spacial score (nSPS) is 11.7. The van der Waals surface area contributed by atoms with E-state index < -0.39 is 15.9 Å². The van der Waals surface area contributed by atoms with Gasteiger partial charge in [-0.25, -0.2) is 13.1 Å². The van der Waals surface area contributed by atoms with E-state index in [9.17, 15) is 13.2 Å². The summed E-state index contributed by atoms with van der Waals surface area (Å²) in [6.45, 7) is -0.0213. The number of furan rings is 1. The second-order valence-corrected chi connectivity index (χ2v) is 8.44. The molecule has 0 saturated heterocycles. The summed E-state index contributed by atoms with van der Waals surface area (Å²) in [5, 5.41) is 3.24. The molecule has 0 unspecified atom stereocenters. The summed E-state index contributed by atoms with van der Waals surface area (Å²) in [5.74, 6) is 0.348. The molecule has 3 aromatic rings. The Balaban J connectivity index is 1.59. The molecule has 150 valence electrons. The van der Waals surface area contributed by atoms with Crippen molar-refractivity contribution in [3.63, 3.8) is 0 Å². The lowest BCUT2D eigenvalue weighted by Gasteiger charge is -2.06. The zero-order valence-corrected chi connectivity index (χ0v) is 17.3. The number of amides is 1. The zero-order chi connectivity index (χ0) is 20.9. The molecular weight excluding hydrogens is 435 g/mol. The highest BCUT2D eigenvalue weighted by Gasteiger charge is 2.14. The number of sulfonamides is 1. The Kier molecular flexibility index (Phi) is 6.76. The zero-order valence-electron chi connectivity index (χ0n) is 14.9. The van der Waals surface area contributed by atoms with Crippen LogP contribution in [0.5, 0.6) is 0 Å². The molecule has 1 amide bonds. The lowest BCUT2D eigenvalue weighted by Crippen LogP contribution is -2.22. The maximum Gasteiger partial charge on any atom is 0.248 e. The topological polar surface area (TPSA) is 88.4 Å². The third-order valence-electron chi connectivity index (χ3n) is 3.78. The van der Waals surface area contributed by atoms with E-state index in [4.69, 9.17) is 27.6 Å². The van der Waals surface area contributed by atoms with Crippen molar-refractivity contribution in [1.82, 2.24) is 4.72 Å². The Morgan fingerprint density at radius 1 is 0.966 bits per heavy atom. The number of para-hydroxylation sites is 1. The number of carbonyl (C=O) groups excluding carboxylic acids is 1. The number of benzene rings is 2. The highest BCUT2D eigenvalue weighted by Crippen LogP contribution is 2.29. The smallest absolute Gasteiger partial charge is 0.248 e. The molecule has 0 atom stereocenters. The summed E-state index contributed by atoms with van der Waals surface area (Å²) in [6.07, 6.45) is 2.71. The molecule has 6 nitrogen and oxygen atoms in total. The first-order chi connectivity index (χ1) is 13.8. The average molecular weight is 451 g/mol. The van der Waals surface area contributed by atoms with Crippen molar-refractivity contribution in [2.45, 2.75) is 11.4 Å². The SMILES string of the molecule is O=C(/C=C/c1ccc(CNS(=O)(=O)c2ccccc2)o1)Nc1c(Cl)cccc1Cl. The van der Waals surface area contributed by atoms with Gasteiger partial charge in [-0.1, -0.05) is 47.5 Å². The van der Waals surface area contributed by atoms with Gasteiger partial charge in [0, 0.05) is 6.08 Å². The Labute approximate surface area is 178 Å².